The van der Waals surface area contributed by atoms with E-state index in [-0.39, 0.29) is 24.2 Å². The SMILES string of the molecule is CCCCCNC(=O)C(c1ccccc1O)N(C(=O)CNC(=O)OC(C)(C)C)C(C)CC. The van der Waals surface area contributed by atoms with Crippen LogP contribution in [0.4, 0.5) is 4.79 Å². The summed E-state index contributed by atoms with van der Waals surface area (Å²) in [5, 5.41) is 15.8. The number of rotatable bonds is 11. The summed E-state index contributed by atoms with van der Waals surface area (Å²) in [4.78, 5) is 39.9. The fourth-order valence-electron chi connectivity index (χ4n) is 3.21. The molecular formula is C24H39N3O5. The highest BCUT2D eigenvalue weighted by Gasteiger charge is 2.35. The minimum Gasteiger partial charge on any atom is -0.508 e. The molecule has 8 nitrogen and oxygen atoms in total. The van der Waals surface area contributed by atoms with E-state index >= 15 is 0 Å². The molecule has 0 aromatic heterocycles. The molecule has 180 valence electrons. The molecule has 1 aromatic carbocycles. The zero-order valence-electron chi connectivity index (χ0n) is 20.2. The lowest BCUT2D eigenvalue weighted by Crippen LogP contribution is -2.51. The standard InChI is InChI=1S/C24H39N3O5/c1-7-9-12-15-25-22(30)21(18-13-10-11-14-19(18)28)27(17(3)8-2)20(29)16-26-23(31)32-24(4,5)6/h10-11,13-14,17,21,28H,7-9,12,15-16H2,1-6H3,(H,25,30)(H,26,31). The third-order valence-electron chi connectivity index (χ3n) is 4.97. The lowest BCUT2D eigenvalue weighted by Gasteiger charge is -2.36. The molecule has 0 saturated carbocycles. The third-order valence-corrected chi connectivity index (χ3v) is 4.97. The maximum atomic E-state index is 13.2. The number of aromatic hydroxyl groups is 1. The Labute approximate surface area is 191 Å². The van der Waals surface area contributed by atoms with Gasteiger partial charge >= 0.3 is 6.09 Å². The van der Waals surface area contributed by atoms with E-state index in [1.165, 1.54) is 11.0 Å². The predicted octanol–water partition coefficient (Wildman–Crippen LogP) is 3.89. The van der Waals surface area contributed by atoms with Gasteiger partial charge in [0.25, 0.3) is 0 Å². The molecule has 0 saturated heterocycles. The van der Waals surface area contributed by atoms with E-state index in [0.717, 1.165) is 19.3 Å². The number of hydrogen-bond acceptors (Lipinski definition) is 5. The Balaban J connectivity index is 3.17. The van der Waals surface area contributed by atoms with Crippen molar-refractivity contribution in [1.82, 2.24) is 15.5 Å². The monoisotopic (exact) mass is 449 g/mol. The molecule has 1 rings (SSSR count). The van der Waals surface area contributed by atoms with Crippen molar-refractivity contribution >= 4 is 17.9 Å². The zero-order valence-corrected chi connectivity index (χ0v) is 20.2. The second-order valence-electron chi connectivity index (χ2n) is 8.87. The molecule has 0 aliphatic carbocycles. The van der Waals surface area contributed by atoms with Gasteiger partial charge in [-0.3, -0.25) is 9.59 Å². The second kappa shape index (κ2) is 12.9. The summed E-state index contributed by atoms with van der Waals surface area (Å²) in [5.74, 6) is -0.877. The number of alkyl carbamates (subject to hydrolysis) is 1. The Morgan fingerprint density at radius 3 is 2.31 bits per heavy atom. The van der Waals surface area contributed by atoms with Gasteiger partial charge in [0, 0.05) is 18.2 Å². The van der Waals surface area contributed by atoms with E-state index in [0.29, 0.717) is 18.5 Å². The average molecular weight is 450 g/mol. The molecule has 3 N–H and O–H groups in total. The lowest BCUT2D eigenvalue weighted by atomic mass is 10.00. The number of nitrogens with one attached hydrogen (secondary N) is 2. The number of amides is 3. The summed E-state index contributed by atoms with van der Waals surface area (Å²) in [6.45, 7) is 11.2. The van der Waals surface area contributed by atoms with Gasteiger partial charge in [0.15, 0.2) is 0 Å². The lowest BCUT2D eigenvalue weighted by molar-refractivity contribution is -0.142. The number of phenolic OH excluding ortho intramolecular Hbond substituents is 1. The summed E-state index contributed by atoms with van der Waals surface area (Å²) in [6.07, 6.45) is 2.71. The van der Waals surface area contributed by atoms with Gasteiger partial charge in [-0.1, -0.05) is 44.9 Å². The first kappa shape index (κ1) is 27.3. The summed E-state index contributed by atoms with van der Waals surface area (Å²) >= 11 is 0. The van der Waals surface area contributed by atoms with Crippen LogP contribution in [-0.4, -0.2) is 52.6 Å². The fraction of sp³-hybridized carbons (Fsp3) is 0.625. The molecule has 8 heteroatoms. The van der Waals surface area contributed by atoms with Gasteiger partial charge in [-0.25, -0.2) is 4.79 Å². The van der Waals surface area contributed by atoms with E-state index in [1.807, 2.05) is 13.8 Å². The molecule has 0 spiro atoms. The van der Waals surface area contributed by atoms with E-state index in [2.05, 4.69) is 17.6 Å². The summed E-state index contributed by atoms with van der Waals surface area (Å²) in [5.41, 5.74) is -0.355. The molecule has 0 radical (unpaired) electrons. The fourth-order valence-corrected chi connectivity index (χ4v) is 3.21. The van der Waals surface area contributed by atoms with Gasteiger partial charge in [-0.2, -0.15) is 0 Å². The molecule has 1 aromatic rings. The third kappa shape index (κ3) is 8.77. The van der Waals surface area contributed by atoms with Crippen LogP contribution < -0.4 is 10.6 Å². The predicted molar refractivity (Wildman–Crippen MR) is 124 cm³/mol. The van der Waals surface area contributed by atoms with E-state index in [4.69, 9.17) is 4.74 Å². The summed E-state index contributed by atoms with van der Waals surface area (Å²) in [7, 11) is 0. The Bertz CT molecular complexity index is 760. The summed E-state index contributed by atoms with van der Waals surface area (Å²) in [6, 6.07) is 5.16. The summed E-state index contributed by atoms with van der Waals surface area (Å²) < 4.78 is 5.20. The number of hydrogen-bond donors (Lipinski definition) is 3. The van der Waals surface area contributed by atoms with Gasteiger partial charge in [0.1, 0.15) is 23.9 Å². The molecule has 0 fully saturated rings. The van der Waals surface area contributed by atoms with E-state index in [1.54, 1.807) is 39.0 Å². The van der Waals surface area contributed by atoms with Crippen LogP contribution in [0.15, 0.2) is 24.3 Å². The quantitative estimate of drug-likeness (QED) is 0.444. The Morgan fingerprint density at radius 2 is 1.75 bits per heavy atom. The maximum Gasteiger partial charge on any atom is 0.408 e. The molecule has 0 aliphatic heterocycles. The molecule has 3 amide bonds. The van der Waals surface area contributed by atoms with Crippen LogP contribution in [0.5, 0.6) is 5.75 Å². The first-order valence-corrected chi connectivity index (χ1v) is 11.3. The number of benzene rings is 1. The molecular weight excluding hydrogens is 410 g/mol. The van der Waals surface area contributed by atoms with Crippen molar-refractivity contribution in [3.8, 4) is 5.75 Å². The Kier molecular flexibility index (Phi) is 11.0. The molecule has 0 bridgehead atoms. The van der Waals surface area contributed by atoms with Gasteiger partial charge in [-0.15, -0.1) is 0 Å². The van der Waals surface area contributed by atoms with Crippen LogP contribution in [0.2, 0.25) is 0 Å². The van der Waals surface area contributed by atoms with Crippen LogP contribution in [0.25, 0.3) is 0 Å². The number of ether oxygens (including phenoxy) is 1. The minimum atomic E-state index is -1.03. The molecule has 0 heterocycles. The number of phenols is 1. The van der Waals surface area contributed by atoms with Gasteiger partial charge in [0.2, 0.25) is 11.8 Å². The van der Waals surface area contributed by atoms with Crippen LogP contribution in [-0.2, 0) is 14.3 Å². The molecule has 2 atom stereocenters. The number of carbonyl (C=O) groups is 3. The Morgan fingerprint density at radius 1 is 1.09 bits per heavy atom. The van der Waals surface area contributed by atoms with Gasteiger partial charge in [0.05, 0.1) is 0 Å². The van der Waals surface area contributed by atoms with Crippen molar-refractivity contribution < 1.29 is 24.2 Å². The molecule has 32 heavy (non-hydrogen) atoms. The maximum absolute atomic E-state index is 13.2. The van der Waals surface area contributed by atoms with Gasteiger partial charge in [-0.05, 0) is 46.6 Å². The average Bonchev–Trinajstić information content (AvgIpc) is 2.72. The van der Waals surface area contributed by atoms with Crippen LogP contribution in [0.3, 0.4) is 0 Å². The zero-order chi connectivity index (χ0) is 24.3. The van der Waals surface area contributed by atoms with Crippen molar-refractivity contribution in [2.75, 3.05) is 13.1 Å². The smallest absolute Gasteiger partial charge is 0.408 e. The van der Waals surface area contributed by atoms with Crippen molar-refractivity contribution in [1.29, 1.82) is 0 Å². The normalized spacial score (nSPS) is 13.1. The van der Waals surface area contributed by atoms with Crippen LogP contribution in [0.1, 0.15) is 78.8 Å². The topological polar surface area (TPSA) is 108 Å². The molecule has 0 aliphatic rings. The highest BCUT2D eigenvalue weighted by atomic mass is 16.6. The van der Waals surface area contributed by atoms with E-state index in [9.17, 15) is 19.5 Å². The largest absolute Gasteiger partial charge is 0.508 e. The number of unbranched alkanes of at least 4 members (excludes halogenated alkanes) is 2. The molecule has 2 unspecified atom stereocenters. The Hall–Kier alpha value is -2.77. The second-order valence-corrected chi connectivity index (χ2v) is 8.87. The highest BCUT2D eigenvalue weighted by molar-refractivity contribution is 5.91. The van der Waals surface area contributed by atoms with Crippen molar-refractivity contribution in [2.45, 2.75) is 84.9 Å². The first-order chi connectivity index (χ1) is 15.0. The number of para-hydroxylation sites is 1. The van der Waals surface area contributed by atoms with Crippen LogP contribution >= 0.6 is 0 Å². The van der Waals surface area contributed by atoms with Gasteiger partial charge < -0.3 is 25.4 Å². The number of carbonyl (C=O) groups excluding carboxylic acids is 3. The minimum absolute atomic E-state index is 0.0672. The number of nitrogens with zero attached hydrogens (tertiary/aromatic N) is 1. The van der Waals surface area contributed by atoms with E-state index < -0.39 is 23.6 Å². The van der Waals surface area contributed by atoms with Crippen molar-refractivity contribution in [3.05, 3.63) is 29.8 Å². The van der Waals surface area contributed by atoms with Crippen molar-refractivity contribution in [2.24, 2.45) is 0 Å². The van der Waals surface area contributed by atoms with Crippen molar-refractivity contribution in [3.63, 3.8) is 0 Å². The van der Waals surface area contributed by atoms with Crippen LogP contribution in [0, 0.1) is 0 Å². The highest BCUT2D eigenvalue weighted by Crippen LogP contribution is 2.31. The first-order valence-electron chi connectivity index (χ1n) is 11.3.